The maximum absolute atomic E-state index is 14.8. The molecule has 156 valence electrons. The quantitative estimate of drug-likeness (QED) is 0.555. The summed E-state index contributed by atoms with van der Waals surface area (Å²) in [7, 11) is 0. The van der Waals surface area contributed by atoms with E-state index in [1.54, 1.807) is 11.9 Å². The number of halogens is 3. The van der Waals surface area contributed by atoms with Gasteiger partial charge in [0.1, 0.15) is 0 Å². The molecule has 1 aliphatic carbocycles. The predicted molar refractivity (Wildman–Crippen MR) is 108 cm³/mol. The molecule has 2 aromatic rings. The van der Waals surface area contributed by atoms with Crippen molar-refractivity contribution in [2.45, 2.75) is 63.7 Å². The van der Waals surface area contributed by atoms with Crippen molar-refractivity contribution >= 4 is 33.5 Å². The molecule has 1 aliphatic rings. The number of aromatic nitrogens is 1. The molecule has 28 heavy (non-hydrogen) atoms. The standard InChI is InChI=1S/C19H25F3N2O2S2/c1-11(24-27-3)10-25-12-4-6-13(7-5-12)26-15-9-8-14-17(16(15)20)28-18(23-14)19(2,21)22/h8-9,11-13,24H,4-7,10H2,1-3H3/t11-,12?,13?/m0/s1. The van der Waals surface area contributed by atoms with Crippen LogP contribution in [-0.4, -0.2) is 36.1 Å². The van der Waals surface area contributed by atoms with Gasteiger partial charge in [-0.15, -0.1) is 11.3 Å². The van der Waals surface area contributed by atoms with Crippen molar-refractivity contribution in [3.8, 4) is 5.75 Å². The Bertz CT molecular complexity index is 789. The van der Waals surface area contributed by atoms with Gasteiger partial charge in [-0.2, -0.15) is 8.78 Å². The number of alkyl halides is 2. The van der Waals surface area contributed by atoms with Crippen LogP contribution in [0.15, 0.2) is 12.1 Å². The zero-order valence-corrected chi connectivity index (χ0v) is 17.8. The van der Waals surface area contributed by atoms with E-state index in [1.165, 1.54) is 12.1 Å². The van der Waals surface area contributed by atoms with Crippen LogP contribution in [0.5, 0.6) is 5.75 Å². The van der Waals surface area contributed by atoms with Crippen LogP contribution in [0, 0.1) is 5.82 Å². The second kappa shape index (κ2) is 9.19. The maximum atomic E-state index is 14.8. The summed E-state index contributed by atoms with van der Waals surface area (Å²) in [5, 5.41) is -0.388. The molecule has 0 aliphatic heterocycles. The van der Waals surface area contributed by atoms with Crippen molar-refractivity contribution in [1.82, 2.24) is 9.71 Å². The highest BCUT2D eigenvalue weighted by molar-refractivity contribution is 7.96. The van der Waals surface area contributed by atoms with Gasteiger partial charge in [0.05, 0.1) is 29.0 Å². The molecule has 1 aromatic heterocycles. The Balaban J connectivity index is 1.58. The molecule has 1 heterocycles. The first-order valence-electron chi connectivity index (χ1n) is 9.32. The number of ether oxygens (including phenoxy) is 2. The monoisotopic (exact) mass is 434 g/mol. The molecule has 9 heteroatoms. The zero-order chi connectivity index (χ0) is 20.3. The van der Waals surface area contributed by atoms with E-state index >= 15 is 0 Å². The van der Waals surface area contributed by atoms with E-state index in [9.17, 15) is 13.2 Å². The lowest BCUT2D eigenvalue weighted by Gasteiger charge is -2.29. The van der Waals surface area contributed by atoms with Crippen molar-refractivity contribution < 1.29 is 22.6 Å². The normalized spacial score (nSPS) is 21.8. The molecule has 0 bridgehead atoms. The molecule has 4 nitrogen and oxygen atoms in total. The summed E-state index contributed by atoms with van der Waals surface area (Å²) >= 11 is 2.25. The summed E-state index contributed by atoms with van der Waals surface area (Å²) in [5.41, 5.74) is 0.233. The van der Waals surface area contributed by atoms with Crippen LogP contribution in [0.1, 0.15) is 44.5 Å². The van der Waals surface area contributed by atoms with Crippen molar-refractivity contribution in [1.29, 1.82) is 0 Å². The Morgan fingerprint density at radius 1 is 1.29 bits per heavy atom. The molecule has 0 radical (unpaired) electrons. The Morgan fingerprint density at radius 2 is 1.96 bits per heavy atom. The van der Waals surface area contributed by atoms with Gasteiger partial charge in [-0.05, 0) is 51.0 Å². The summed E-state index contributed by atoms with van der Waals surface area (Å²) in [6.07, 6.45) is 5.32. The van der Waals surface area contributed by atoms with Gasteiger partial charge in [0.2, 0.25) is 0 Å². The Morgan fingerprint density at radius 3 is 2.61 bits per heavy atom. The van der Waals surface area contributed by atoms with Crippen LogP contribution in [0.4, 0.5) is 13.2 Å². The van der Waals surface area contributed by atoms with Gasteiger partial charge in [0.25, 0.3) is 5.92 Å². The number of thiazole rings is 1. The highest BCUT2D eigenvalue weighted by Crippen LogP contribution is 2.38. The highest BCUT2D eigenvalue weighted by Gasteiger charge is 2.30. The molecule has 1 atom stereocenters. The Labute approximate surface area is 171 Å². The van der Waals surface area contributed by atoms with Gasteiger partial charge >= 0.3 is 0 Å². The van der Waals surface area contributed by atoms with E-state index in [1.807, 2.05) is 6.26 Å². The van der Waals surface area contributed by atoms with E-state index in [-0.39, 0.29) is 39.2 Å². The third-order valence-corrected chi connectivity index (χ3v) is 6.53. The average Bonchev–Trinajstić information content (AvgIpc) is 3.09. The SMILES string of the molecule is CSN[C@@H](C)COC1CCC(Oc2ccc3nc(C(C)(F)F)sc3c2F)CC1. The summed E-state index contributed by atoms with van der Waals surface area (Å²) in [6, 6.07) is 3.30. The second-order valence-corrected chi connectivity index (χ2v) is 8.85. The van der Waals surface area contributed by atoms with Crippen LogP contribution < -0.4 is 9.46 Å². The van der Waals surface area contributed by atoms with Gasteiger partial charge in [-0.1, -0.05) is 11.9 Å². The summed E-state index contributed by atoms with van der Waals surface area (Å²) in [5.74, 6) is -3.59. The molecule has 1 N–H and O–H groups in total. The summed E-state index contributed by atoms with van der Waals surface area (Å²) in [4.78, 5) is 3.84. The van der Waals surface area contributed by atoms with Crippen molar-refractivity contribution in [2.75, 3.05) is 12.9 Å². The van der Waals surface area contributed by atoms with Crippen LogP contribution >= 0.6 is 23.3 Å². The zero-order valence-electron chi connectivity index (χ0n) is 16.1. The fourth-order valence-corrected chi connectivity index (χ4v) is 4.63. The first kappa shape index (κ1) is 21.7. The number of fused-ring (bicyclic) bond motifs is 1. The maximum Gasteiger partial charge on any atom is 0.296 e. The van der Waals surface area contributed by atoms with Crippen LogP contribution in [-0.2, 0) is 10.7 Å². The second-order valence-electron chi connectivity index (χ2n) is 7.21. The first-order valence-corrected chi connectivity index (χ1v) is 11.4. The molecule has 0 spiro atoms. The number of hydrogen-bond acceptors (Lipinski definition) is 6. The third kappa shape index (κ3) is 5.31. The van der Waals surface area contributed by atoms with Gasteiger partial charge in [-0.3, -0.25) is 4.72 Å². The lowest BCUT2D eigenvalue weighted by atomic mass is 9.95. The molecular formula is C19H25F3N2O2S2. The van der Waals surface area contributed by atoms with Crippen LogP contribution in [0.25, 0.3) is 10.2 Å². The minimum Gasteiger partial charge on any atom is -0.487 e. The van der Waals surface area contributed by atoms with Crippen molar-refractivity contribution in [3.05, 3.63) is 23.0 Å². The summed E-state index contributed by atoms with van der Waals surface area (Å²) < 4.78 is 56.8. The van der Waals surface area contributed by atoms with Crippen LogP contribution in [0.3, 0.4) is 0 Å². The summed E-state index contributed by atoms with van der Waals surface area (Å²) in [6.45, 7) is 3.49. The number of nitrogens with zero attached hydrogens (tertiary/aromatic N) is 1. The first-order chi connectivity index (χ1) is 13.3. The molecule has 0 unspecified atom stereocenters. The lowest BCUT2D eigenvalue weighted by molar-refractivity contribution is -0.00301. The smallest absolute Gasteiger partial charge is 0.296 e. The number of nitrogens with one attached hydrogen (secondary N) is 1. The fourth-order valence-electron chi connectivity index (χ4n) is 3.23. The number of benzene rings is 1. The molecular weight excluding hydrogens is 409 g/mol. The van der Waals surface area contributed by atoms with Gasteiger partial charge in [0.15, 0.2) is 16.6 Å². The molecule has 3 rings (SSSR count). The Kier molecular flexibility index (Phi) is 7.12. The minimum atomic E-state index is -3.08. The van der Waals surface area contributed by atoms with Crippen LogP contribution in [0.2, 0.25) is 0 Å². The predicted octanol–water partition coefficient (Wildman–Crippen LogP) is 5.51. The van der Waals surface area contributed by atoms with Crippen molar-refractivity contribution in [2.24, 2.45) is 0 Å². The average molecular weight is 435 g/mol. The number of rotatable bonds is 8. The minimum absolute atomic E-state index is 0.101. The van der Waals surface area contributed by atoms with Crippen molar-refractivity contribution in [3.63, 3.8) is 0 Å². The third-order valence-electron chi connectivity index (χ3n) is 4.65. The topological polar surface area (TPSA) is 43.4 Å². The Hall–Kier alpha value is -1.03. The number of hydrogen-bond donors (Lipinski definition) is 1. The van der Waals surface area contributed by atoms with E-state index in [0.29, 0.717) is 17.9 Å². The molecule has 0 saturated heterocycles. The molecule has 0 amide bonds. The fraction of sp³-hybridized carbons (Fsp3) is 0.632. The van der Waals surface area contributed by atoms with E-state index < -0.39 is 11.7 Å². The van der Waals surface area contributed by atoms with E-state index in [2.05, 4.69) is 16.6 Å². The highest BCUT2D eigenvalue weighted by atomic mass is 32.2. The molecule has 1 aromatic carbocycles. The van der Waals surface area contributed by atoms with E-state index in [4.69, 9.17) is 9.47 Å². The van der Waals surface area contributed by atoms with Gasteiger partial charge in [-0.25, -0.2) is 9.37 Å². The molecule has 1 saturated carbocycles. The largest absolute Gasteiger partial charge is 0.487 e. The van der Waals surface area contributed by atoms with E-state index in [0.717, 1.165) is 32.6 Å². The van der Waals surface area contributed by atoms with Gasteiger partial charge < -0.3 is 9.47 Å². The van der Waals surface area contributed by atoms with Gasteiger partial charge in [0, 0.05) is 13.0 Å². The molecule has 1 fully saturated rings. The lowest BCUT2D eigenvalue weighted by Crippen LogP contribution is -2.32.